The molecule has 4 aliphatic carbocycles. The van der Waals surface area contributed by atoms with Crippen molar-refractivity contribution < 1.29 is 73.7 Å². The van der Waals surface area contributed by atoms with Crippen LogP contribution in [0.5, 0.6) is 5.75 Å². The molecule has 6 fully saturated rings. The Hall–Kier alpha value is -2.51. The Kier molecular flexibility index (Phi) is 13.4. The molecule has 15 heteroatoms. The summed E-state index contributed by atoms with van der Waals surface area (Å²) in [5, 5.41) is 77.3. The van der Waals surface area contributed by atoms with Gasteiger partial charge in [-0.05, 0) is 125 Å². The number of allylic oxidation sites excluding steroid dienone is 2. The van der Waals surface area contributed by atoms with Gasteiger partial charge in [0.2, 0.25) is 0 Å². The molecule has 3 saturated carbocycles. The van der Waals surface area contributed by atoms with Crippen molar-refractivity contribution in [3.63, 3.8) is 0 Å². The van der Waals surface area contributed by atoms with E-state index in [0.717, 1.165) is 37.7 Å². The van der Waals surface area contributed by atoms with Gasteiger partial charge in [-0.15, -0.1) is 0 Å². The molecule has 346 valence electrons. The SMILES string of the molecule is COc1ccc(C(=O)O[C@H]2[C@H](O)[C@@H](O[C@@H]3[C@@H](O[C@@H]4CC[C@@]5(C)C(=CC[C@@H]6[C@H]7C[C@@H]8O[C@H](O)[C@@H](C=C(C)C)[C@H](C)[C@H]8[C@]7(CO)CC[C@H]65)C4)O[C@@H](CO)[C@H](O)[C@H]3O)O[C@@H](C)[C@@H]2O)cc1. The van der Waals surface area contributed by atoms with Crippen LogP contribution in [0.25, 0.3) is 0 Å². The molecule has 62 heavy (non-hydrogen) atoms. The van der Waals surface area contributed by atoms with Gasteiger partial charge in [0.15, 0.2) is 25.0 Å². The minimum Gasteiger partial charge on any atom is -0.497 e. The second kappa shape index (κ2) is 18.0. The molecule has 7 N–H and O–H groups in total. The highest BCUT2D eigenvalue weighted by Crippen LogP contribution is 2.69. The van der Waals surface area contributed by atoms with Crippen LogP contribution in [0.4, 0.5) is 0 Å². The highest BCUT2D eigenvalue weighted by atomic mass is 16.8. The molecule has 0 radical (unpaired) electrons. The fraction of sp³-hybridized carbons (Fsp3) is 0.766. The number of hydrogen-bond acceptors (Lipinski definition) is 15. The summed E-state index contributed by atoms with van der Waals surface area (Å²) in [4.78, 5) is 13.1. The number of methoxy groups -OCH3 is 1. The van der Waals surface area contributed by atoms with Crippen LogP contribution in [-0.4, -0.2) is 142 Å². The normalized spacial score (nSPS) is 47.5. The van der Waals surface area contributed by atoms with Crippen molar-refractivity contribution in [1.82, 2.24) is 0 Å². The van der Waals surface area contributed by atoms with Crippen LogP contribution in [0, 0.1) is 46.3 Å². The molecule has 0 spiro atoms. The van der Waals surface area contributed by atoms with Crippen LogP contribution in [0.1, 0.15) is 89.9 Å². The third kappa shape index (κ3) is 7.99. The van der Waals surface area contributed by atoms with Crippen molar-refractivity contribution in [1.29, 1.82) is 0 Å². The summed E-state index contributed by atoms with van der Waals surface area (Å²) < 4.78 is 41.9. The lowest BCUT2D eigenvalue weighted by molar-refractivity contribution is -0.369. The van der Waals surface area contributed by atoms with Crippen molar-refractivity contribution in [2.24, 2.45) is 46.3 Å². The minimum absolute atomic E-state index is 0.101. The summed E-state index contributed by atoms with van der Waals surface area (Å²) in [5.41, 5.74) is 2.20. The third-order valence-corrected chi connectivity index (χ3v) is 16.3. The molecule has 8 rings (SSSR count). The second-order valence-electron chi connectivity index (χ2n) is 19.8. The second-order valence-corrected chi connectivity index (χ2v) is 19.8. The van der Waals surface area contributed by atoms with E-state index in [1.807, 2.05) is 13.8 Å². The first-order valence-corrected chi connectivity index (χ1v) is 22.6. The maximum Gasteiger partial charge on any atom is 0.338 e. The van der Waals surface area contributed by atoms with E-state index in [4.69, 9.17) is 33.2 Å². The number of aliphatic hydroxyl groups is 7. The maximum absolute atomic E-state index is 13.1. The Morgan fingerprint density at radius 1 is 0.871 bits per heavy atom. The van der Waals surface area contributed by atoms with Gasteiger partial charge in [-0.3, -0.25) is 0 Å². The quantitative estimate of drug-likeness (QED) is 0.133. The van der Waals surface area contributed by atoms with Gasteiger partial charge in [-0.1, -0.05) is 37.1 Å². The first kappa shape index (κ1) is 46.0. The van der Waals surface area contributed by atoms with Crippen molar-refractivity contribution in [2.75, 3.05) is 20.3 Å². The molecule has 7 aliphatic rings. The molecule has 3 heterocycles. The number of esters is 1. The molecule has 0 amide bonds. The summed E-state index contributed by atoms with van der Waals surface area (Å²) in [6, 6.07) is 6.14. The molecule has 3 saturated heterocycles. The fourth-order valence-corrected chi connectivity index (χ4v) is 13.1. The molecular weight excluding hydrogens is 805 g/mol. The van der Waals surface area contributed by atoms with E-state index < -0.39 is 80.3 Å². The van der Waals surface area contributed by atoms with E-state index in [1.165, 1.54) is 31.7 Å². The number of carbonyl (C=O) groups excluding carboxylic acids is 1. The van der Waals surface area contributed by atoms with E-state index in [0.29, 0.717) is 30.4 Å². The minimum atomic E-state index is -1.72. The maximum atomic E-state index is 13.1. The Labute approximate surface area is 363 Å². The number of hydrogen-bond donors (Lipinski definition) is 7. The Morgan fingerprint density at radius 2 is 1.61 bits per heavy atom. The number of aliphatic hydroxyl groups excluding tert-OH is 7. The van der Waals surface area contributed by atoms with Crippen LogP contribution in [0.2, 0.25) is 0 Å². The van der Waals surface area contributed by atoms with Gasteiger partial charge in [-0.25, -0.2) is 4.79 Å². The first-order valence-electron chi connectivity index (χ1n) is 22.6. The number of rotatable bonds is 10. The number of ether oxygens (including phenoxy) is 7. The predicted molar refractivity (Wildman–Crippen MR) is 221 cm³/mol. The van der Waals surface area contributed by atoms with Crippen molar-refractivity contribution >= 4 is 5.97 Å². The van der Waals surface area contributed by atoms with Gasteiger partial charge < -0.3 is 68.9 Å². The van der Waals surface area contributed by atoms with E-state index in [-0.39, 0.29) is 58.9 Å². The van der Waals surface area contributed by atoms with Gasteiger partial charge in [0.1, 0.15) is 42.4 Å². The van der Waals surface area contributed by atoms with Crippen molar-refractivity contribution in [3.05, 3.63) is 53.1 Å². The molecule has 0 aromatic heterocycles. The first-order chi connectivity index (χ1) is 29.5. The van der Waals surface area contributed by atoms with Gasteiger partial charge in [-0.2, -0.15) is 0 Å². The predicted octanol–water partition coefficient (Wildman–Crippen LogP) is 2.99. The number of carbonyl (C=O) groups is 1. The molecule has 0 bridgehead atoms. The van der Waals surface area contributed by atoms with Gasteiger partial charge in [0.05, 0.1) is 37.6 Å². The number of fused-ring (bicyclic) bond motifs is 7. The van der Waals surface area contributed by atoms with Crippen molar-refractivity contribution in [3.8, 4) is 5.75 Å². The summed E-state index contributed by atoms with van der Waals surface area (Å²) in [6.45, 7) is 9.70. The van der Waals surface area contributed by atoms with E-state index in [9.17, 15) is 40.5 Å². The highest BCUT2D eigenvalue weighted by Gasteiger charge is 2.66. The Morgan fingerprint density at radius 3 is 2.29 bits per heavy atom. The molecular formula is C47H68O15. The summed E-state index contributed by atoms with van der Waals surface area (Å²) in [7, 11) is 1.49. The molecule has 1 aromatic carbocycles. The smallest absolute Gasteiger partial charge is 0.338 e. The topological polar surface area (TPSA) is 223 Å². The number of benzene rings is 1. The zero-order chi connectivity index (χ0) is 44.4. The zero-order valence-corrected chi connectivity index (χ0v) is 36.7. The molecule has 3 aliphatic heterocycles. The zero-order valence-electron chi connectivity index (χ0n) is 36.7. The van der Waals surface area contributed by atoms with Crippen LogP contribution >= 0.6 is 0 Å². The van der Waals surface area contributed by atoms with Gasteiger partial charge >= 0.3 is 5.97 Å². The van der Waals surface area contributed by atoms with Gasteiger partial charge in [0, 0.05) is 17.9 Å². The lowest BCUT2D eigenvalue weighted by atomic mass is 9.46. The lowest BCUT2D eigenvalue weighted by Gasteiger charge is -2.59. The highest BCUT2D eigenvalue weighted by molar-refractivity contribution is 5.89. The molecule has 0 unspecified atom stereocenters. The lowest BCUT2D eigenvalue weighted by Crippen LogP contribution is -2.65. The summed E-state index contributed by atoms with van der Waals surface area (Å²) in [6.07, 6.45) is -5.52. The van der Waals surface area contributed by atoms with Crippen LogP contribution in [-0.2, 0) is 28.4 Å². The van der Waals surface area contributed by atoms with Crippen LogP contribution in [0.3, 0.4) is 0 Å². The van der Waals surface area contributed by atoms with Gasteiger partial charge in [0.25, 0.3) is 0 Å². The Bertz CT molecular complexity index is 1800. The molecule has 21 atom stereocenters. The average molecular weight is 873 g/mol. The Balaban J connectivity index is 0.972. The average Bonchev–Trinajstić information content (AvgIpc) is 3.60. The fourth-order valence-electron chi connectivity index (χ4n) is 13.1. The third-order valence-electron chi connectivity index (χ3n) is 16.3. The van der Waals surface area contributed by atoms with Crippen LogP contribution in [0.15, 0.2) is 47.6 Å². The van der Waals surface area contributed by atoms with Crippen LogP contribution < -0.4 is 4.74 Å². The summed E-state index contributed by atoms with van der Waals surface area (Å²) >= 11 is 0. The van der Waals surface area contributed by atoms with E-state index >= 15 is 0 Å². The molecule has 15 nitrogen and oxygen atoms in total. The van der Waals surface area contributed by atoms with E-state index in [1.54, 1.807) is 12.1 Å². The molecule has 1 aromatic rings. The standard InChI is InChI=1S/C47H68O15/c1-22(2)17-30-23(3)35-33(59-43(30)55)19-32-29-12-9-26-18-28(13-15-46(26,5)31(29)14-16-47(32,35)21-49)58-45-41(38(52)37(51)34(20-48)60-45)62-44-39(53)40(36(50)24(4)57-44)61-42(54)25-7-10-27(56-6)11-8-25/h7-11,17,23-24,28-41,43-45,48-53,55H,12-16,18-21H2,1-6H3/t23-,24-,28+,29-,30-,31+,32+,33-,34-,35+,36-,37-,38+,39-,40+,41-,43-,44+,45-,46-,47-/m0/s1. The monoisotopic (exact) mass is 872 g/mol. The largest absolute Gasteiger partial charge is 0.497 e. The van der Waals surface area contributed by atoms with E-state index in [2.05, 4.69) is 26.0 Å². The summed E-state index contributed by atoms with van der Waals surface area (Å²) in [5.74, 6) is 0.912. The van der Waals surface area contributed by atoms with Crippen molar-refractivity contribution in [2.45, 2.75) is 159 Å².